The normalized spacial score (nSPS) is 19.3. The van der Waals surface area contributed by atoms with Gasteiger partial charge in [0.25, 0.3) is 0 Å². The molecular formula is C21H25F3N2O. The molecule has 1 atom stereocenters. The molecule has 2 aromatic rings. The van der Waals surface area contributed by atoms with Crippen LogP contribution < -0.4 is 5.43 Å². The van der Waals surface area contributed by atoms with Crippen molar-refractivity contribution in [1.29, 1.82) is 0 Å². The number of alkyl halides is 3. The van der Waals surface area contributed by atoms with Gasteiger partial charge in [-0.3, -0.25) is 10.2 Å². The number of carbonyl (C=O) groups excluding carboxylic acids is 1. The van der Waals surface area contributed by atoms with Crippen LogP contribution >= 0.6 is 0 Å². The number of amides is 1. The first-order valence-corrected chi connectivity index (χ1v) is 8.98. The van der Waals surface area contributed by atoms with E-state index in [0.29, 0.717) is 0 Å². The predicted molar refractivity (Wildman–Crippen MR) is 100 cm³/mol. The lowest BCUT2D eigenvalue weighted by Crippen LogP contribution is -2.43. The number of carbonyl (C=O) groups is 1. The number of hydrazine groups is 1. The third-order valence-corrected chi connectivity index (χ3v) is 5.09. The van der Waals surface area contributed by atoms with Gasteiger partial charge >= 0.3 is 6.18 Å². The molecule has 1 N–H and O–H groups in total. The molecule has 1 saturated heterocycles. The minimum Gasteiger partial charge on any atom is -0.287 e. The SMILES string of the molecule is CC1(C)CN(C(c2ccc3cc(C(C)(C)C)ccc3c2)C(F)(F)F)NC1=O. The molecule has 1 unspecified atom stereocenters. The van der Waals surface area contributed by atoms with Crippen molar-refractivity contribution in [1.82, 2.24) is 10.4 Å². The van der Waals surface area contributed by atoms with Gasteiger partial charge in [-0.05, 0) is 47.2 Å². The van der Waals surface area contributed by atoms with Gasteiger partial charge in [0.1, 0.15) is 6.04 Å². The summed E-state index contributed by atoms with van der Waals surface area (Å²) in [4.78, 5) is 12.0. The Morgan fingerprint density at radius 3 is 2.15 bits per heavy atom. The average Bonchev–Trinajstić information content (AvgIpc) is 2.77. The van der Waals surface area contributed by atoms with Gasteiger partial charge in [0.15, 0.2) is 0 Å². The molecule has 3 nitrogen and oxygen atoms in total. The Labute approximate surface area is 157 Å². The van der Waals surface area contributed by atoms with Gasteiger partial charge in [0.2, 0.25) is 5.91 Å². The van der Waals surface area contributed by atoms with E-state index < -0.39 is 23.5 Å². The maximum Gasteiger partial charge on any atom is 0.409 e. The Kier molecular flexibility index (Phi) is 4.54. The summed E-state index contributed by atoms with van der Waals surface area (Å²) < 4.78 is 41.6. The van der Waals surface area contributed by atoms with Crippen LogP contribution in [-0.2, 0) is 10.2 Å². The Morgan fingerprint density at radius 2 is 1.63 bits per heavy atom. The Balaban J connectivity index is 2.03. The van der Waals surface area contributed by atoms with Gasteiger partial charge < -0.3 is 0 Å². The van der Waals surface area contributed by atoms with Gasteiger partial charge in [-0.25, -0.2) is 5.01 Å². The van der Waals surface area contributed by atoms with Crippen molar-refractivity contribution in [3.05, 3.63) is 47.5 Å². The summed E-state index contributed by atoms with van der Waals surface area (Å²) >= 11 is 0. The fraction of sp³-hybridized carbons (Fsp3) is 0.476. The minimum absolute atomic E-state index is 0.00297. The van der Waals surface area contributed by atoms with Crippen LogP contribution in [0.5, 0.6) is 0 Å². The maximum atomic E-state index is 13.9. The fourth-order valence-electron chi connectivity index (χ4n) is 3.42. The molecule has 0 radical (unpaired) electrons. The van der Waals surface area contributed by atoms with E-state index in [0.717, 1.165) is 21.3 Å². The van der Waals surface area contributed by atoms with Crippen molar-refractivity contribution in [3.63, 3.8) is 0 Å². The zero-order valence-electron chi connectivity index (χ0n) is 16.2. The van der Waals surface area contributed by atoms with Crippen LogP contribution in [0.2, 0.25) is 0 Å². The lowest BCUT2D eigenvalue weighted by atomic mass is 9.85. The molecule has 1 amide bonds. The van der Waals surface area contributed by atoms with Crippen LogP contribution in [0.15, 0.2) is 36.4 Å². The van der Waals surface area contributed by atoms with Crippen molar-refractivity contribution in [2.75, 3.05) is 6.54 Å². The number of hydrogen-bond acceptors (Lipinski definition) is 2. The molecule has 2 aromatic carbocycles. The molecular weight excluding hydrogens is 353 g/mol. The van der Waals surface area contributed by atoms with Crippen molar-refractivity contribution in [2.45, 2.75) is 52.3 Å². The number of rotatable bonds is 2. The van der Waals surface area contributed by atoms with Crippen molar-refractivity contribution in [3.8, 4) is 0 Å². The van der Waals surface area contributed by atoms with Crippen molar-refractivity contribution < 1.29 is 18.0 Å². The molecule has 0 bridgehead atoms. The second kappa shape index (κ2) is 6.23. The summed E-state index contributed by atoms with van der Waals surface area (Å²) in [6.07, 6.45) is -4.51. The third-order valence-electron chi connectivity index (χ3n) is 5.09. The second-order valence-corrected chi connectivity index (χ2v) is 8.97. The molecule has 0 aliphatic carbocycles. The largest absolute Gasteiger partial charge is 0.409 e. The Morgan fingerprint density at radius 1 is 1.04 bits per heavy atom. The second-order valence-electron chi connectivity index (χ2n) is 8.97. The van der Waals surface area contributed by atoms with Crippen LogP contribution in [0.4, 0.5) is 13.2 Å². The van der Waals surface area contributed by atoms with Crippen LogP contribution in [0, 0.1) is 5.41 Å². The van der Waals surface area contributed by atoms with Crippen LogP contribution in [0.3, 0.4) is 0 Å². The highest BCUT2D eigenvalue weighted by atomic mass is 19.4. The lowest BCUT2D eigenvalue weighted by Gasteiger charge is -2.30. The number of benzene rings is 2. The number of halogens is 3. The molecule has 27 heavy (non-hydrogen) atoms. The van der Waals surface area contributed by atoms with Crippen LogP contribution in [0.1, 0.15) is 51.8 Å². The minimum atomic E-state index is -4.51. The molecule has 0 aromatic heterocycles. The molecule has 1 aliphatic heterocycles. The van der Waals surface area contributed by atoms with Crippen molar-refractivity contribution in [2.24, 2.45) is 5.41 Å². The van der Waals surface area contributed by atoms with Crippen molar-refractivity contribution >= 4 is 16.7 Å². The van der Waals surface area contributed by atoms with Gasteiger partial charge in [-0.1, -0.05) is 51.1 Å². The topological polar surface area (TPSA) is 32.3 Å². The van der Waals surface area contributed by atoms with Crippen LogP contribution in [0.25, 0.3) is 10.8 Å². The van der Waals surface area contributed by atoms with Gasteiger partial charge in [0.05, 0.1) is 5.41 Å². The zero-order valence-corrected chi connectivity index (χ0v) is 16.2. The quantitative estimate of drug-likeness (QED) is 0.787. The summed E-state index contributed by atoms with van der Waals surface area (Å²) in [5.41, 5.74) is 2.76. The highest BCUT2D eigenvalue weighted by molar-refractivity contribution is 5.85. The molecule has 1 fully saturated rings. The number of nitrogens with zero attached hydrogens (tertiary/aromatic N) is 1. The van der Waals surface area contributed by atoms with E-state index in [-0.39, 0.29) is 17.5 Å². The molecule has 6 heteroatoms. The summed E-state index contributed by atoms with van der Waals surface area (Å²) in [5.74, 6) is -0.396. The van der Waals surface area contributed by atoms with Gasteiger partial charge in [0, 0.05) is 6.54 Å². The first kappa shape index (κ1) is 19.7. The summed E-state index contributed by atoms with van der Waals surface area (Å²) in [5, 5.41) is 2.66. The summed E-state index contributed by atoms with van der Waals surface area (Å²) in [6.45, 7) is 9.57. The lowest BCUT2D eigenvalue weighted by molar-refractivity contribution is -0.191. The van der Waals surface area contributed by atoms with Crippen LogP contribution in [-0.4, -0.2) is 23.6 Å². The molecule has 1 heterocycles. The molecule has 146 valence electrons. The van der Waals surface area contributed by atoms with E-state index in [2.05, 4.69) is 26.2 Å². The zero-order chi connectivity index (χ0) is 20.2. The van der Waals surface area contributed by atoms with E-state index in [9.17, 15) is 18.0 Å². The fourth-order valence-corrected chi connectivity index (χ4v) is 3.42. The van der Waals surface area contributed by atoms with Gasteiger partial charge in [-0.15, -0.1) is 0 Å². The monoisotopic (exact) mass is 378 g/mol. The first-order valence-electron chi connectivity index (χ1n) is 8.98. The Bertz CT molecular complexity index is 881. The van der Waals surface area contributed by atoms with E-state index in [4.69, 9.17) is 0 Å². The van der Waals surface area contributed by atoms with E-state index in [1.165, 1.54) is 6.07 Å². The number of fused-ring (bicyclic) bond motifs is 1. The average molecular weight is 378 g/mol. The van der Waals surface area contributed by atoms with E-state index >= 15 is 0 Å². The number of hydrogen-bond donors (Lipinski definition) is 1. The molecule has 0 spiro atoms. The maximum absolute atomic E-state index is 13.9. The molecule has 1 aliphatic rings. The smallest absolute Gasteiger partial charge is 0.287 e. The van der Waals surface area contributed by atoms with E-state index in [1.807, 2.05) is 18.2 Å². The Hall–Kier alpha value is -2.08. The van der Waals surface area contributed by atoms with E-state index in [1.54, 1.807) is 26.0 Å². The predicted octanol–water partition coefficient (Wildman–Crippen LogP) is 5.11. The molecule has 0 saturated carbocycles. The molecule has 3 rings (SSSR count). The first-order chi connectivity index (χ1) is 12.3. The third kappa shape index (κ3) is 3.81. The summed E-state index contributed by atoms with van der Waals surface area (Å²) in [7, 11) is 0. The summed E-state index contributed by atoms with van der Waals surface area (Å²) in [6, 6.07) is 8.75. The van der Waals surface area contributed by atoms with Gasteiger partial charge in [-0.2, -0.15) is 13.2 Å². The standard InChI is InChI=1S/C21H25F3N2O/c1-19(2,3)16-9-8-13-10-15(7-6-14(13)11-16)17(21(22,23)24)26-12-20(4,5)18(27)25-26/h6-11,17H,12H2,1-5H3,(H,25,27). The highest BCUT2D eigenvalue weighted by Gasteiger charge is 2.51. The number of nitrogens with one attached hydrogen (secondary N) is 1. The highest BCUT2D eigenvalue weighted by Crippen LogP contribution is 2.41.